The topological polar surface area (TPSA) is 57.6 Å². The molecule has 5 heteroatoms. The van der Waals surface area contributed by atoms with Gasteiger partial charge in [-0.05, 0) is 25.5 Å². The standard InChI is InChI=1S/C14H17NO3S/c1-3-12-14(18)15(6-7-16)11-8-10(9(2)17)4-5-13(11)19-12/h4-5,8,12,16H,3,6-7H2,1-2H3. The van der Waals surface area contributed by atoms with Crippen molar-refractivity contribution in [1.29, 1.82) is 0 Å². The van der Waals surface area contributed by atoms with E-state index in [9.17, 15) is 9.59 Å². The second-order valence-electron chi connectivity index (χ2n) is 4.47. The van der Waals surface area contributed by atoms with E-state index < -0.39 is 0 Å². The molecule has 1 N–H and O–H groups in total. The maximum Gasteiger partial charge on any atom is 0.240 e. The van der Waals surface area contributed by atoms with E-state index in [1.54, 1.807) is 17.0 Å². The van der Waals surface area contributed by atoms with E-state index in [-0.39, 0.29) is 30.1 Å². The third-order valence-electron chi connectivity index (χ3n) is 3.16. The van der Waals surface area contributed by atoms with Gasteiger partial charge in [-0.3, -0.25) is 9.59 Å². The molecular formula is C14H17NO3S. The number of ketones is 1. The molecule has 0 spiro atoms. The summed E-state index contributed by atoms with van der Waals surface area (Å²) in [5.41, 5.74) is 1.33. The number of carbonyl (C=O) groups is 2. The Morgan fingerprint density at radius 2 is 2.21 bits per heavy atom. The predicted molar refractivity (Wildman–Crippen MR) is 75.8 cm³/mol. The highest BCUT2D eigenvalue weighted by Gasteiger charge is 2.32. The molecule has 19 heavy (non-hydrogen) atoms. The number of anilines is 1. The van der Waals surface area contributed by atoms with Gasteiger partial charge in [0, 0.05) is 17.0 Å². The van der Waals surface area contributed by atoms with Crippen molar-refractivity contribution in [3.63, 3.8) is 0 Å². The molecule has 0 radical (unpaired) electrons. The summed E-state index contributed by atoms with van der Waals surface area (Å²) in [4.78, 5) is 26.3. The van der Waals surface area contributed by atoms with Crippen LogP contribution in [0.5, 0.6) is 0 Å². The van der Waals surface area contributed by atoms with Gasteiger partial charge in [-0.15, -0.1) is 11.8 Å². The summed E-state index contributed by atoms with van der Waals surface area (Å²) in [6.45, 7) is 3.66. The van der Waals surface area contributed by atoms with Crippen molar-refractivity contribution in [2.24, 2.45) is 0 Å². The Kier molecular flexibility index (Phi) is 4.27. The van der Waals surface area contributed by atoms with Gasteiger partial charge in [-0.1, -0.05) is 13.0 Å². The van der Waals surface area contributed by atoms with Gasteiger partial charge in [0.25, 0.3) is 0 Å². The lowest BCUT2D eigenvalue weighted by Gasteiger charge is -2.33. The number of β-amino-alcohol motifs (C(OH)–C–C–N with tert-alkyl or cyclic N) is 1. The average Bonchev–Trinajstić information content (AvgIpc) is 2.41. The summed E-state index contributed by atoms with van der Waals surface area (Å²) >= 11 is 1.53. The fraction of sp³-hybridized carbons (Fsp3) is 0.429. The molecule has 0 aliphatic carbocycles. The zero-order chi connectivity index (χ0) is 14.0. The van der Waals surface area contributed by atoms with Crippen LogP contribution in [0.1, 0.15) is 30.6 Å². The highest BCUT2D eigenvalue weighted by atomic mass is 32.2. The van der Waals surface area contributed by atoms with E-state index in [1.807, 2.05) is 13.0 Å². The van der Waals surface area contributed by atoms with Crippen LogP contribution in [-0.4, -0.2) is 35.2 Å². The Morgan fingerprint density at radius 1 is 1.47 bits per heavy atom. The Morgan fingerprint density at radius 3 is 2.79 bits per heavy atom. The van der Waals surface area contributed by atoms with Crippen molar-refractivity contribution in [1.82, 2.24) is 0 Å². The first kappa shape index (κ1) is 14.1. The van der Waals surface area contributed by atoms with Crippen molar-refractivity contribution in [3.8, 4) is 0 Å². The van der Waals surface area contributed by atoms with Crippen molar-refractivity contribution >= 4 is 29.1 Å². The summed E-state index contributed by atoms with van der Waals surface area (Å²) in [5.74, 6) is -0.0171. The summed E-state index contributed by atoms with van der Waals surface area (Å²) in [6, 6.07) is 5.41. The average molecular weight is 279 g/mol. The third kappa shape index (κ3) is 2.67. The van der Waals surface area contributed by atoms with Crippen molar-refractivity contribution < 1.29 is 14.7 Å². The molecule has 1 aliphatic rings. The van der Waals surface area contributed by atoms with E-state index in [0.717, 1.165) is 17.0 Å². The number of carbonyl (C=O) groups excluding carboxylic acids is 2. The SMILES string of the molecule is CCC1Sc2ccc(C(C)=O)cc2N(CCO)C1=O. The number of benzene rings is 1. The van der Waals surface area contributed by atoms with E-state index in [1.165, 1.54) is 18.7 Å². The lowest BCUT2D eigenvalue weighted by atomic mass is 10.1. The van der Waals surface area contributed by atoms with E-state index >= 15 is 0 Å². The Hall–Kier alpha value is -1.33. The van der Waals surface area contributed by atoms with Crippen LogP contribution in [0, 0.1) is 0 Å². The number of amides is 1. The number of hydrogen-bond acceptors (Lipinski definition) is 4. The minimum absolute atomic E-state index is 0.00903. The predicted octanol–water partition coefficient (Wildman–Crippen LogP) is 2.10. The summed E-state index contributed by atoms with van der Waals surface area (Å²) in [7, 11) is 0. The second-order valence-corrected chi connectivity index (χ2v) is 5.71. The van der Waals surface area contributed by atoms with Gasteiger partial charge in [0.05, 0.1) is 17.5 Å². The van der Waals surface area contributed by atoms with Crippen LogP contribution in [0.25, 0.3) is 0 Å². The van der Waals surface area contributed by atoms with Crippen LogP contribution >= 0.6 is 11.8 Å². The molecule has 4 nitrogen and oxygen atoms in total. The summed E-state index contributed by atoms with van der Waals surface area (Å²) in [6.07, 6.45) is 0.749. The van der Waals surface area contributed by atoms with Crippen molar-refractivity contribution in [2.45, 2.75) is 30.4 Å². The molecule has 1 aliphatic heterocycles. The van der Waals surface area contributed by atoms with Gasteiger partial charge in [0.15, 0.2) is 5.78 Å². The molecule has 1 unspecified atom stereocenters. The molecule has 0 bridgehead atoms. The van der Waals surface area contributed by atoms with Gasteiger partial charge in [0.2, 0.25) is 5.91 Å². The maximum atomic E-state index is 12.3. The summed E-state index contributed by atoms with van der Waals surface area (Å²) < 4.78 is 0. The Bertz CT molecular complexity index is 515. The molecule has 0 fully saturated rings. The van der Waals surface area contributed by atoms with E-state index in [0.29, 0.717) is 5.56 Å². The van der Waals surface area contributed by atoms with Gasteiger partial charge < -0.3 is 10.0 Å². The first-order valence-corrected chi connectivity index (χ1v) is 7.20. The number of rotatable bonds is 4. The number of hydrogen-bond donors (Lipinski definition) is 1. The molecule has 2 rings (SSSR count). The smallest absolute Gasteiger partial charge is 0.240 e. The fourth-order valence-corrected chi connectivity index (χ4v) is 3.27. The van der Waals surface area contributed by atoms with Crippen LogP contribution < -0.4 is 4.90 Å². The third-order valence-corrected chi connectivity index (χ3v) is 4.58. The first-order chi connectivity index (χ1) is 9.08. The molecule has 1 aromatic rings. The quantitative estimate of drug-likeness (QED) is 0.858. The Balaban J connectivity index is 2.47. The van der Waals surface area contributed by atoms with Gasteiger partial charge >= 0.3 is 0 Å². The Labute approximate surface area is 116 Å². The van der Waals surface area contributed by atoms with Gasteiger partial charge in [0.1, 0.15) is 0 Å². The highest BCUT2D eigenvalue weighted by Crippen LogP contribution is 2.40. The number of aliphatic hydroxyl groups excluding tert-OH is 1. The molecule has 1 atom stereocenters. The molecule has 1 amide bonds. The molecular weight excluding hydrogens is 262 g/mol. The lowest BCUT2D eigenvalue weighted by Crippen LogP contribution is -2.42. The van der Waals surface area contributed by atoms with E-state index in [4.69, 9.17) is 5.11 Å². The minimum atomic E-state index is -0.109. The van der Waals surface area contributed by atoms with Crippen molar-refractivity contribution in [3.05, 3.63) is 23.8 Å². The van der Waals surface area contributed by atoms with Crippen LogP contribution in [0.15, 0.2) is 23.1 Å². The number of nitrogens with zero attached hydrogens (tertiary/aromatic N) is 1. The molecule has 102 valence electrons. The normalized spacial score (nSPS) is 18.4. The fourth-order valence-electron chi connectivity index (χ4n) is 2.13. The number of thioether (sulfide) groups is 1. The molecule has 1 aromatic carbocycles. The molecule has 0 saturated heterocycles. The summed E-state index contributed by atoms with van der Waals surface area (Å²) in [5, 5.41) is 9.02. The second kappa shape index (κ2) is 5.75. The van der Waals surface area contributed by atoms with Crippen LogP contribution in [0.4, 0.5) is 5.69 Å². The van der Waals surface area contributed by atoms with Gasteiger partial charge in [-0.2, -0.15) is 0 Å². The van der Waals surface area contributed by atoms with Crippen LogP contribution in [-0.2, 0) is 4.79 Å². The largest absolute Gasteiger partial charge is 0.395 e. The van der Waals surface area contributed by atoms with Crippen LogP contribution in [0.2, 0.25) is 0 Å². The first-order valence-electron chi connectivity index (χ1n) is 6.32. The number of aliphatic hydroxyl groups is 1. The number of fused-ring (bicyclic) bond motifs is 1. The minimum Gasteiger partial charge on any atom is -0.395 e. The van der Waals surface area contributed by atoms with Crippen LogP contribution in [0.3, 0.4) is 0 Å². The maximum absolute atomic E-state index is 12.3. The molecule has 0 saturated carbocycles. The number of Topliss-reactive ketones (excluding diaryl/α,β-unsaturated/α-hetero) is 1. The molecule has 1 heterocycles. The lowest BCUT2D eigenvalue weighted by molar-refractivity contribution is -0.118. The zero-order valence-electron chi connectivity index (χ0n) is 11.0. The zero-order valence-corrected chi connectivity index (χ0v) is 11.9. The van der Waals surface area contributed by atoms with Gasteiger partial charge in [-0.25, -0.2) is 0 Å². The van der Waals surface area contributed by atoms with E-state index in [2.05, 4.69) is 0 Å². The molecule has 0 aromatic heterocycles. The highest BCUT2D eigenvalue weighted by molar-refractivity contribution is 8.01. The van der Waals surface area contributed by atoms with Crippen molar-refractivity contribution in [2.75, 3.05) is 18.1 Å². The monoisotopic (exact) mass is 279 g/mol.